The fourth-order valence-corrected chi connectivity index (χ4v) is 1.11. The van der Waals surface area contributed by atoms with Gasteiger partial charge in [0.2, 0.25) is 0 Å². The Kier molecular flexibility index (Phi) is 3.85. The molecule has 74 valence electrons. The van der Waals surface area contributed by atoms with E-state index >= 15 is 0 Å². The number of hydrogen-bond donors (Lipinski definition) is 1. The van der Waals surface area contributed by atoms with Gasteiger partial charge in [-0.2, -0.15) is 5.10 Å². The molecule has 0 aliphatic rings. The van der Waals surface area contributed by atoms with Crippen LogP contribution in [-0.4, -0.2) is 34.5 Å². The summed E-state index contributed by atoms with van der Waals surface area (Å²) >= 11 is 0. The highest BCUT2D eigenvalue weighted by molar-refractivity contribution is 4.87. The summed E-state index contributed by atoms with van der Waals surface area (Å²) in [6, 6.07) is 0. The zero-order valence-corrected chi connectivity index (χ0v) is 8.16. The Bertz CT molecular complexity index is 259. The van der Waals surface area contributed by atoms with Gasteiger partial charge in [0.1, 0.15) is 11.6 Å². The molecule has 0 aromatic carbocycles. The quantitative estimate of drug-likeness (QED) is 0.647. The fourth-order valence-electron chi connectivity index (χ4n) is 1.11. The highest BCUT2D eigenvalue weighted by Crippen LogP contribution is 1.95. The first kappa shape index (κ1) is 10.1. The molecule has 5 heteroatoms. The third-order valence-electron chi connectivity index (χ3n) is 1.67. The Morgan fingerprint density at radius 1 is 1.38 bits per heavy atom. The monoisotopic (exact) mass is 184 g/mol. The van der Waals surface area contributed by atoms with Crippen molar-refractivity contribution in [1.29, 1.82) is 0 Å². The molecule has 0 bridgehead atoms. The predicted octanol–water partition coefficient (Wildman–Crippen LogP) is -0.130. The molecule has 1 aromatic rings. The van der Waals surface area contributed by atoms with Crippen LogP contribution in [0.25, 0.3) is 0 Å². The minimum absolute atomic E-state index is 0.565. The van der Waals surface area contributed by atoms with E-state index in [-0.39, 0.29) is 0 Å². The summed E-state index contributed by atoms with van der Waals surface area (Å²) in [5.74, 6) is 1.73. The summed E-state index contributed by atoms with van der Waals surface area (Å²) in [7, 11) is 0. The van der Waals surface area contributed by atoms with Gasteiger partial charge < -0.3 is 10.5 Å². The van der Waals surface area contributed by atoms with Crippen LogP contribution in [0.15, 0.2) is 0 Å². The summed E-state index contributed by atoms with van der Waals surface area (Å²) in [6.45, 7) is 6.36. The van der Waals surface area contributed by atoms with E-state index in [0.29, 0.717) is 19.8 Å². The van der Waals surface area contributed by atoms with Crippen LogP contribution < -0.4 is 5.73 Å². The molecule has 1 heterocycles. The van der Waals surface area contributed by atoms with E-state index in [4.69, 9.17) is 10.5 Å². The Hall–Kier alpha value is -0.940. The van der Waals surface area contributed by atoms with Gasteiger partial charge in [0.25, 0.3) is 0 Å². The first-order valence-corrected chi connectivity index (χ1v) is 4.40. The minimum Gasteiger partial charge on any atom is -0.378 e. The number of nitrogens with zero attached hydrogens (tertiary/aromatic N) is 3. The van der Waals surface area contributed by atoms with Crippen LogP contribution in [0, 0.1) is 13.8 Å². The Balaban J connectivity index is 2.32. The van der Waals surface area contributed by atoms with E-state index < -0.39 is 0 Å². The van der Waals surface area contributed by atoms with Crippen LogP contribution in [-0.2, 0) is 11.3 Å². The molecule has 1 rings (SSSR count). The third-order valence-corrected chi connectivity index (χ3v) is 1.67. The number of hydrogen-bond acceptors (Lipinski definition) is 4. The van der Waals surface area contributed by atoms with Gasteiger partial charge in [-0.05, 0) is 13.8 Å². The molecule has 2 N–H and O–H groups in total. The third kappa shape index (κ3) is 3.12. The second-order valence-corrected chi connectivity index (χ2v) is 2.83. The minimum atomic E-state index is 0.565. The summed E-state index contributed by atoms with van der Waals surface area (Å²) in [6.07, 6.45) is 0. The molecular weight excluding hydrogens is 168 g/mol. The lowest BCUT2D eigenvalue weighted by atomic mass is 10.6. The highest BCUT2D eigenvalue weighted by atomic mass is 16.5. The van der Waals surface area contributed by atoms with Crippen LogP contribution in [0.1, 0.15) is 11.6 Å². The summed E-state index contributed by atoms with van der Waals surface area (Å²) in [5, 5.41) is 4.20. The van der Waals surface area contributed by atoms with Gasteiger partial charge in [-0.15, -0.1) is 0 Å². The second-order valence-electron chi connectivity index (χ2n) is 2.83. The zero-order chi connectivity index (χ0) is 9.68. The maximum atomic E-state index is 5.28. The molecule has 0 atom stereocenters. The number of rotatable bonds is 5. The van der Waals surface area contributed by atoms with Crippen molar-refractivity contribution in [3.63, 3.8) is 0 Å². The smallest absolute Gasteiger partial charge is 0.147 e. The molecule has 0 spiro atoms. The van der Waals surface area contributed by atoms with Crippen LogP contribution in [0.4, 0.5) is 0 Å². The Morgan fingerprint density at radius 3 is 2.69 bits per heavy atom. The average Bonchev–Trinajstić information content (AvgIpc) is 2.39. The largest absolute Gasteiger partial charge is 0.378 e. The lowest BCUT2D eigenvalue weighted by Crippen LogP contribution is -2.13. The van der Waals surface area contributed by atoms with Crippen molar-refractivity contribution in [1.82, 2.24) is 14.8 Å². The van der Waals surface area contributed by atoms with Crippen LogP contribution in [0.3, 0.4) is 0 Å². The molecule has 0 aliphatic carbocycles. The Morgan fingerprint density at radius 2 is 2.15 bits per heavy atom. The molecule has 0 saturated heterocycles. The molecule has 0 unspecified atom stereocenters. The maximum Gasteiger partial charge on any atom is 0.147 e. The van der Waals surface area contributed by atoms with Crippen molar-refractivity contribution in [2.24, 2.45) is 5.73 Å². The van der Waals surface area contributed by atoms with Crippen molar-refractivity contribution in [3.05, 3.63) is 11.6 Å². The number of aromatic nitrogens is 3. The van der Waals surface area contributed by atoms with E-state index in [1.54, 1.807) is 0 Å². The van der Waals surface area contributed by atoms with E-state index in [2.05, 4.69) is 10.1 Å². The lowest BCUT2D eigenvalue weighted by Gasteiger charge is -2.03. The van der Waals surface area contributed by atoms with Crippen molar-refractivity contribution in [2.75, 3.05) is 19.8 Å². The van der Waals surface area contributed by atoms with Crippen LogP contribution in [0.5, 0.6) is 0 Å². The van der Waals surface area contributed by atoms with Crippen LogP contribution in [0.2, 0.25) is 0 Å². The van der Waals surface area contributed by atoms with Gasteiger partial charge >= 0.3 is 0 Å². The first-order valence-electron chi connectivity index (χ1n) is 4.40. The van der Waals surface area contributed by atoms with Crippen molar-refractivity contribution in [2.45, 2.75) is 20.4 Å². The van der Waals surface area contributed by atoms with Gasteiger partial charge in [0, 0.05) is 6.54 Å². The van der Waals surface area contributed by atoms with Crippen molar-refractivity contribution < 1.29 is 4.74 Å². The highest BCUT2D eigenvalue weighted by Gasteiger charge is 2.00. The van der Waals surface area contributed by atoms with Crippen LogP contribution >= 0.6 is 0 Å². The van der Waals surface area contributed by atoms with Gasteiger partial charge in [-0.3, -0.25) is 0 Å². The van der Waals surface area contributed by atoms with E-state index in [1.807, 2.05) is 18.5 Å². The topological polar surface area (TPSA) is 66.0 Å². The van der Waals surface area contributed by atoms with E-state index in [9.17, 15) is 0 Å². The molecule has 0 aliphatic heterocycles. The molecule has 0 radical (unpaired) electrons. The van der Waals surface area contributed by atoms with Gasteiger partial charge in [0.05, 0.1) is 19.8 Å². The molecule has 0 amide bonds. The SMILES string of the molecule is Cc1nc(C)n(CCOCCN)n1. The van der Waals surface area contributed by atoms with E-state index in [0.717, 1.165) is 18.2 Å². The number of aryl methyl sites for hydroxylation is 2. The first-order chi connectivity index (χ1) is 6.24. The Labute approximate surface area is 77.9 Å². The molecule has 1 aromatic heterocycles. The molecule has 0 fully saturated rings. The summed E-state index contributed by atoms with van der Waals surface area (Å²) < 4.78 is 7.08. The zero-order valence-electron chi connectivity index (χ0n) is 8.16. The molecule has 5 nitrogen and oxygen atoms in total. The van der Waals surface area contributed by atoms with Gasteiger partial charge in [-0.25, -0.2) is 9.67 Å². The summed E-state index contributed by atoms with van der Waals surface area (Å²) in [5.41, 5.74) is 5.28. The molecule has 13 heavy (non-hydrogen) atoms. The van der Waals surface area contributed by atoms with Crippen molar-refractivity contribution in [3.8, 4) is 0 Å². The molecular formula is C8H16N4O. The second kappa shape index (κ2) is 4.94. The fraction of sp³-hybridized carbons (Fsp3) is 0.750. The van der Waals surface area contributed by atoms with Gasteiger partial charge in [0.15, 0.2) is 0 Å². The standard InChI is InChI=1S/C8H16N4O/c1-7-10-8(2)12(11-7)4-6-13-5-3-9/h3-6,9H2,1-2H3. The lowest BCUT2D eigenvalue weighted by molar-refractivity contribution is 0.130. The molecule has 0 saturated carbocycles. The normalized spacial score (nSPS) is 10.7. The van der Waals surface area contributed by atoms with Crippen molar-refractivity contribution >= 4 is 0 Å². The predicted molar refractivity (Wildman–Crippen MR) is 49.4 cm³/mol. The van der Waals surface area contributed by atoms with Gasteiger partial charge in [-0.1, -0.05) is 0 Å². The number of ether oxygens (including phenoxy) is 1. The van der Waals surface area contributed by atoms with E-state index in [1.165, 1.54) is 0 Å². The maximum absolute atomic E-state index is 5.28. The average molecular weight is 184 g/mol. The number of nitrogens with two attached hydrogens (primary N) is 1. The summed E-state index contributed by atoms with van der Waals surface area (Å²) in [4.78, 5) is 4.18.